The van der Waals surface area contributed by atoms with E-state index in [1.807, 2.05) is 36.4 Å². The molecule has 0 radical (unpaired) electrons. The smallest absolute Gasteiger partial charge is 0.138 e. The van der Waals surface area contributed by atoms with Gasteiger partial charge in [0.2, 0.25) is 0 Å². The molecule has 0 saturated carbocycles. The molecule has 1 heteroatoms. The maximum absolute atomic E-state index is 15.1. The summed E-state index contributed by atoms with van der Waals surface area (Å²) >= 11 is 0. The van der Waals surface area contributed by atoms with Crippen LogP contribution in [0.15, 0.2) is 67.3 Å². The molecule has 0 amide bonds. The zero-order chi connectivity index (χ0) is 18.4. The van der Waals surface area contributed by atoms with Gasteiger partial charge in [-0.05, 0) is 47.8 Å². The first-order chi connectivity index (χ1) is 12.7. The van der Waals surface area contributed by atoms with Crippen molar-refractivity contribution in [3.63, 3.8) is 0 Å². The van der Waals surface area contributed by atoms with Gasteiger partial charge in [0.25, 0.3) is 0 Å². The summed E-state index contributed by atoms with van der Waals surface area (Å²) in [6.07, 6.45) is 8.59. The predicted octanol–water partition coefficient (Wildman–Crippen LogP) is 7.50. The molecule has 0 spiro atoms. The van der Waals surface area contributed by atoms with E-state index in [4.69, 9.17) is 0 Å². The first kappa shape index (κ1) is 18.4. The summed E-state index contributed by atoms with van der Waals surface area (Å²) in [6.45, 7) is 5.97. The summed E-state index contributed by atoms with van der Waals surface area (Å²) in [5.74, 6) is -0.124. The number of aryl methyl sites for hydroxylation is 2. The summed E-state index contributed by atoms with van der Waals surface area (Å²) in [6, 6.07) is 18.3. The van der Waals surface area contributed by atoms with Crippen LogP contribution in [0.5, 0.6) is 0 Å². The second kappa shape index (κ2) is 8.80. The van der Waals surface area contributed by atoms with E-state index in [0.717, 1.165) is 30.2 Å². The van der Waals surface area contributed by atoms with Crippen LogP contribution in [0.2, 0.25) is 0 Å². The van der Waals surface area contributed by atoms with Crippen molar-refractivity contribution >= 4 is 10.8 Å². The van der Waals surface area contributed by atoms with E-state index in [9.17, 15) is 0 Å². The molecule has 0 bridgehead atoms. The average Bonchev–Trinajstić information content (AvgIpc) is 2.67. The van der Waals surface area contributed by atoms with Crippen molar-refractivity contribution in [3.05, 3.63) is 84.2 Å². The largest absolute Gasteiger partial charge is 0.206 e. The van der Waals surface area contributed by atoms with Gasteiger partial charge in [-0.2, -0.15) is 0 Å². The Kier molecular flexibility index (Phi) is 6.22. The first-order valence-electron chi connectivity index (χ1n) is 9.64. The fraction of sp³-hybridized carbons (Fsp3) is 0.280. The lowest BCUT2D eigenvalue weighted by Gasteiger charge is -2.10. The number of rotatable bonds is 8. The normalized spacial score (nSPS) is 11.0. The van der Waals surface area contributed by atoms with Gasteiger partial charge >= 0.3 is 0 Å². The van der Waals surface area contributed by atoms with Crippen LogP contribution in [0.3, 0.4) is 0 Å². The third kappa shape index (κ3) is 4.22. The van der Waals surface area contributed by atoms with Crippen LogP contribution in [0.1, 0.15) is 43.7 Å². The Morgan fingerprint density at radius 3 is 2.38 bits per heavy atom. The van der Waals surface area contributed by atoms with Crippen molar-refractivity contribution in [2.45, 2.75) is 45.4 Å². The third-order valence-electron chi connectivity index (χ3n) is 4.99. The molecule has 0 saturated heterocycles. The Hall–Kier alpha value is -2.41. The molecule has 3 aromatic rings. The standard InChI is InChI=1S/C25H27F/c1-3-5-7-9-20-12-16-24-22(18-20)15-17-23(25(24)26)21-13-10-19(11-14-21)8-6-4-2/h4,10-18H,2-3,5-9H2,1H3. The van der Waals surface area contributed by atoms with Gasteiger partial charge < -0.3 is 0 Å². The first-order valence-corrected chi connectivity index (χ1v) is 9.64. The molecule has 0 nitrogen and oxygen atoms in total. The highest BCUT2D eigenvalue weighted by atomic mass is 19.1. The van der Waals surface area contributed by atoms with Crippen molar-refractivity contribution in [1.29, 1.82) is 0 Å². The minimum atomic E-state index is -0.124. The van der Waals surface area contributed by atoms with Gasteiger partial charge in [0.15, 0.2) is 0 Å². The zero-order valence-electron chi connectivity index (χ0n) is 15.6. The van der Waals surface area contributed by atoms with E-state index < -0.39 is 0 Å². The number of fused-ring (bicyclic) bond motifs is 1. The van der Waals surface area contributed by atoms with Crippen LogP contribution in [0.4, 0.5) is 4.39 Å². The molecule has 134 valence electrons. The van der Waals surface area contributed by atoms with Crippen molar-refractivity contribution < 1.29 is 4.39 Å². The molecule has 0 aliphatic carbocycles. The maximum atomic E-state index is 15.1. The summed E-state index contributed by atoms with van der Waals surface area (Å²) in [5.41, 5.74) is 4.15. The Labute approximate surface area is 156 Å². The summed E-state index contributed by atoms with van der Waals surface area (Å²) in [4.78, 5) is 0. The highest BCUT2D eigenvalue weighted by Gasteiger charge is 2.10. The lowest BCUT2D eigenvalue weighted by atomic mass is 9.96. The summed E-state index contributed by atoms with van der Waals surface area (Å²) in [7, 11) is 0. The van der Waals surface area contributed by atoms with Crippen LogP contribution < -0.4 is 0 Å². The monoisotopic (exact) mass is 346 g/mol. The van der Waals surface area contributed by atoms with E-state index in [1.165, 1.54) is 30.4 Å². The van der Waals surface area contributed by atoms with Crippen LogP contribution in [-0.4, -0.2) is 0 Å². The molecule has 0 atom stereocenters. The number of benzene rings is 3. The number of hydrogen-bond donors (Lipinski definition) is 0. The van der Waals surface area contributed by atoms with Gasteiger partial charge in [-0.1, -0.05) is 80.4 Å². The number of allylic oxidation sites excluding steroid dienone is 1. The quantitative estimate of drug-likeness (QED) is 0.293. The number of hydrogen-bond acceptors (Lipinski definition) is 0. The van der Waals surface area contributed by atoms with Crippen LogP contribution in [-0.2, 0) is 12.8 Å². The Morgan fingerprint density at radius 1 is 0.885 bits per heavy atom. The van der Waals surface area contributed by atoms with Crippen LogP contribution in [0, 0.1) is 5.82 Å². The van der Waals surface area contributed by atoms with Gasteiger partial charge in [-0.3, -0.25) is 0 Å². The summed E-state index contributed by atoms with van der Waals surface area (Å²) < 4.78 is 15.1. The Bertz CT molecular complexity index is 875. The van der Waals surface area contributed by atoms with Gasteiger partial charge in [0.05, 0.1) is 0 Å². The minimum absolute atomic E-state index is 0.124. The second-order valence-electron chi connectivity index (χ2n) is 6.96. The predicted molar refractivity (Wildman–Crippen MR) is 111 cm³/mol. The summed E-state index contributed by atoms with van der Waals surface area (Å²) in [5, 5.41) is 1.69. The molecule has 0 aliphatic rings. The fourth-order valence-corrected chi connectivity index (χ4v) is 3.42. The van der Waals surface area contributed by atoms with Crippen molar-refractivity contribution in [2.24, 2.45) is 0 Å². The average molecular weight is 346 g/mol. The molecule has 3 aromatic carbocycles. The third-order valence-corrected chi connectivity index (χ3v) is 4.99. The van der Waals surface area contributed by atoms with Crippen molar-refractivity contribution in [1.82, 2.24) is 0 Å². The topological polar surface area (TPSA) is 0 Å². The highest BCUT2D eigenvalue weighted by molar-refractivity contribution is 5.88. The molecule has 0 aliphatic heterocycles. The maximum Gasteiger partial charge on any atom is 0.138 e. The molecule has 0 N–H and O–H groups in total. The van der Waals surface area contributed by atoms with Crippen LogP contribution >= 0.6 is 0 Å². The van der Waals surface area contributed by atoms with Gasteiger partial charge in [0.1, 0.15) is 5.82 Å². The Morgan fingerprint density at radius 2 is 1.65 bits per heavy atom. The molecule has 26 heavy (non-hydrogen) atoms. The van der Waals surface area contributed by atoms with E-state index >= 15 is 4.39 Å². The van der Waals surface area contributed by atoms with Gasteiger partial charge in [-0.25, -0.2) is 4.39 Å². The van der Waals surface area contributed by atoms with Crippen LogP contribution in [0.25, 0.3) is 21.9 Å². The molecule has 0 unspecified atom stereocenters. The molecule has 0 heterocycles. The lowest BCUT2D eigenvalue weighted by molar-refractivity contribution is 0.643. The number of halogens is 1. The van der Waals surface area contributed by atoms with E-state index in [2.05, 4.69) is 37.8 Å². The zero-order valence-corrected chi connectivity index (χ0v) is 15.6. The highest BCUT2D eigenvalue weighted by Crippen LogP contribution is 2.30. The Balaban J connectivity index is 1.86. The molecular formula is C25H27F. The second-order valence-corrected chi connectivity index (χ2v) is 6.96. The van der Waals surface area contributed by atoms with E-state index in [1.54, 1.807) is 0 Å². The molecule has 0 fully saturated rings. The minimum Gasteiger partial charge on any atom is -0.206 e. The lowest BCUT2D eigenvalue weighted by Crippen LogP contribution is -1.91. The SMILES string of the molecule is C=CCCc1ccc(-c2ccc3cc(CCCCC)ccc3c2F)cc1. The fourth-order valence-electron chi connectivity index (χ4n) is 3.42. The van der Waals surface area contributed by atoms with Crippen molar-refractivity contribution in [3.8, 4) is 11.1 Å². The van der Waals surface area contributed by atoms with Gasteiger partial charge in [0, 0.05) is 10.9 Å². The van der Waals surface area contributed by atoms with Crippen molar-refractivity contribution in [2.75, 3.05) is 0 Å². The van der Waals surface area contributed by atoms with E-state index in [-0.39, 0.29) is 5.82 Å². The van der Waals surface area contributed by atoms with E-state index in [0.29, 0.717) is 10.9 Å². The molecule has 0 aromatic heterocycles. The number of unbranched alkanes of at least 4 members (excludes halogenated alkanes) is 2. The molecular weight excluding hydrogens is 319 g/mol. The molecule has 3 rings (SSSR count). The van der Waals surface area contributed by atoms with Gasteiger partial charge in [-0.15, -0.1) is 6.58 Å².